The first-order valence-electron chi connectivity index (χ1n) is 5.51. The predicted molar refractivity (Wildman–Crippen MR) is 65.9 cm³/mol. The van der Waals surface area contributed by atoms with Crippen molar-refractivity contribution in [3.63, 3.8) is 0 Å². The molecule has 2 N–H and O–H groups in total. The molecule has 0 aliphatic heterocycles. The van der Waals surface area contributed by atoms with Gasteiger partial charge in [-0.15, -0.1) is 0 Å². The summed E-state index contributed by atoms with van der Waals surface area (Å²) in [4.78, 5) is 0. The summed E-state index contributed by atoms with van der Waals surface area (Å²) < 4.78 is 0. The highest BCUT2D eigenvalue weighted by atomic mass is 32.2. The number of hydrogen-bond acceptors (Lipinski definition) is 3. The number of aliphatic hydroxyl groups excluding tert-OH is 1. The third-order valence-corrected chi connectivity index (χ3v) is 3.28. The largest absolute Gasteiger partial charge is 0.395 e. The van der Waals surface area contributed by atoms with Crippen LogP contribution in [0.2, 0.25) is 0 Å². The normalized spacial score (nSPS) is 13.9. The van der Waals surface area contributed by atoms with Gasteiger partial charge in [0.05, 0.1) is 6.61 Å². The maximum Gasteiger partial charge on any atom is 0.0585 e. The third kappa shape index (κ3) is 8.85. The third-order valence-electron chi connectivity index (χ3n) is 1.85. The minimum atomic E-state index is 0.250. The molecular weight excluding hydrogens is 194 g/mol. The van der Waals surface area contributed by atoms with Gasteiger partial charge in [0.25, 0.3) is 0 Å². The molecule has 0 bridgehead atoms. The van der Waals surface area contributed by atoms with Gasteiger partial charge in [-0.2, -0.15) is 11.8 Å². The molecule has 0 aliphatic rings. The molecule has 0 saturated carbocycles. The van der Waals surface area contributed by atoms with E-state index in [1.165, 1.54) is 5.75 Å². The second kappa shape index (κ2) is 8.57. The highest BCUT2D eigenvalue weighted by Gasteiger charge is 2.07. The van der Waals surface area contributed by atoms with Crippen molar-refractivity contribution in [2.45, 2.75) is 46.2 Å². The lowest BCUT2D eigenvalue weighted by Crippen LogP contribution is -2.37. The van der Waals surface area contributed by atoms with Crippen molar-refractivity contribution in [1.82, 2.24) is 5.32 Å². The SMILES string of the molecule is CC(C)CSCCC(CO)NC(C)C. The van der Waals surface area contributed by atoms with Crippen LogP contribution in [0.5, 0.6) is 0 Å². The van der Waals surface area contributed by atoms with E-state index in [1.807, 2.05) is 11.8 Å². The first-order valence-corrected chi connectivity index (χ1v) is 6.66. The molecule has 14 heavy (non-hydrogen) atoms. The number of nitrogens with one attached hydrogen (secondary N) is 1. The van der Waals surface area contributed by atoms with Gasteiger partial charge in [-0.25, -0.2) is 0 Å². The fraction of sp³-hybridized carbons (Fsp3) is 1.00. The van der Waals surface area contributed by atoms with Crippen LogP contribution in [0.4, 0.5) is 0 Å². The van der Waals surface area contributed by atoms with Gasteiger partial charge >= 0.3 is 0 Å². The van der Waals surface area contributed by atoms with Gasteiger partial charge in [0.1, 0.15) is 0 Å². The molecule has 0 aliphatic carbocycles. The molecule has 0 aromatic heterocycles. The summed E-state index contributed by atoms with van der Waals surface area (Å²) in [5, 5.41) is 12.5. The number of hydrogen-bond donors (Lipinski definition) is 2. The zero-order chi connectivity index (χ0) is 11.0. The Morgan fingerprint density at radius 3 is 2.29 bits per heavy atom. The quantitative estimate of drug-likeness (QED) is 0.613. The maximum absolute atomic E-state index is 9.11. The Balaban J connectivity index is 3.43. The van der Waals surface area contributed by atoms with Crippen LogP contribution in [0.1, 0.15) is 34.1 Å². The molecule has 0 spiro atoms. The van der Waals surface area contributed by atoms with Gasteiger partial charge in [0.2, 0.25) is 0 Å². The second-order valence-corrected chi connectivity index (χ2v) is 5.61. The van der Waals surface area contributed by atoms with Crippen molar-refractivity contribution in [1.29, 1.82) is 0 Å². The number of thioether (sulfide) groups is 1. The van der Waals surface area contributed by atoms with Crippen LogP contribution in [0.3, 0.4) is 0 Å². The van der Waals surface area contributed by atoms with Crippen molar-refractivity contribution in [2.75, 3.05) is 18.1 Å². The number of aliphatic hydroxyl groups is 1. The summed E-state index contributed by atoms with van der Waals surface area (Å²) >= 11 is 1.98. The Bertz CT molecular complexity index is 128. The average molecular weight is 219 g/mol. The fourth-order valence-electron chi connectivity index (χ4n) is 1.24. The van der Waals surface area contributed by atoms with E-state index in [-0.39, 0.29) is 12.6 Å². The van der Waals surface area contributed by atoms with Gasteiger partial charge in [0.15, 0.2) is 0 Å². The van der Waals surface area contributed by atoms with Crippen LogP contribution < -0.4 is 5.32 Å². The zero-order valence-corrected chi connectivity index (χ0v) is 10.7. The van der Waals surface area contributed by atoms with Crippen molar-refractivity contribution < 1.29 is 5.11 Å². The highest BCUT2D eigenvalue weighted by molar-refractivity contribution is 7.99. The summed E-state index contributed by atoms with van der Waals surface area (Å²) in [6, 6.07) is 0.733. The lowest BCUT2D eigenvalue weighted by Gasteiger charge is -2.18. The lowest BCUT2D eigenvalue weighted by atomic mass is 10.2. The molecule has 0 amide bonds. The molecule has 2 nitrogen and oxygen atoms in total. The molecule has 86 valence electrons. The fourth-order valence-corrected chi connectivity index (χ4v) is 2.33. The smallest absolute Gasteiger partial charge is 0.0585 e. The first kappa shape index (κ1) is 14.3. The van der Waals surface area contributed by atoms with E-state index in [0.717, 1.165) is 18.1 Å². The van der Waals surface area contributed by atoms with E-state index in [9.17, 15) is 0 Å². The molecule has 0 fully saturated rings. The average Bonchev–Trinajstić information content (AvgIpc) is 2.09. The monoisotopic (exact) mass is 219 g/mol. The van der Waals surface area contributed by atoms with Crippen LogP contribution in [0.15, 0.2) is 0 Å². The van der Waals surface area contributed by atoms with E-state index in [2.05, 4.69) is 33.0 Å². The highest BCUT2D eigenvalue weighted by Crippen LogP contribution is 2.10. The molecule has 1 unspecified atom stereocenters. The van der Waals surface area contributed by atoms with E-state index >= 15 is 0 Å². The van der Waals surface area contributed by atoms with Crippen molar-refractivity contribution >= 4 is 11.8 Å². The minimum absolute atomic E-state index is 0.250. The standard InChI is InChI=1S/C11H25NOS/c1-9(2)8-14-6-5-11(7-13)12-10(3)4/h9-13H,5-8H2,1-4H3. The Hall–Kier alpha value is 0.270. The summed E-state index contributed by atoms with van der Waals surface area (Å²) in [6.45, 7) is 8.96. The van der Waals surface area contributed by atoms with Crippen LogP contribution in [-0.4, -0.2) is 35.3 Å². The molecule has 0 aromatic rings. The van der Waals surface area contributed by atoms with Gasteiger partial charge in [-0.3, -0.25) is 0 Å². The molecule has 0 radical (unpaired) electrons. The summed E-state index contributed by atoms with van der Waals surface area (Å²) in [5.41, 5.74) is 0. The molecular formula is C11H25NOS. The maximum atomic E-state index is 9.11. The van der Waals surface area contributed by atoms with Crippen molar-refractivity contribution in [2.24, 2.45) is 5.92 Å². The van der Waals surface area contributed by atoms with Crippen LogP contribution >= 0.6 is 11.8 Å². The first-order chi connectivity index (χ1) is 6.56. The van der Waals surface area contributed by atoms with E-state index in [1.54, 1.807) is 0 Å². The van der Waals surface area contributed by atoms with E-state index in [4.69, 9.17) is 5.11 Å². The lowest BCUT2D eigenvalue weighted by molar-refractivity contribution is 0.232. The van der Waals surface area contributed by atoms with Crippen LogP contribution in [-0.2, 0) is 0 Å². The summed E-state index contributed by atoms with van der Waals surface area (Å²) in [5.74, 6) is 3.13. The summed E-state index contributed by atoms with van der Waals surface area (Å²) in [7, 11) is 0. The van der Waals surface area contributed by atoms with Gasteiger partial charge in [0, 0.05) is 12.1 Å². The topological polar surface area (TPSA) is 32.3 Å². The second-order valence-electron chi connectivity index (χ2n) is 4.46. The van der Waals surface area contributed by atoms with Crippen LogP contribution in [0, 0.1) is 5.92 Å². The Labute approximate surface area is 92.9 Å². The number of rotatable bonds is 8. The molecule has 0 saturated heterocycles. The predicted octanol–water partition coefficient (Wildman–Crippen LogP) is 2.12. The van der Waals surface area contributed by atoms with Gasteiger partial charge < -0.3 is 10.4 Å². The minimum Gasteiger partial charge on any atom is -0.395 e. The van der Waals surface area contributed by atoms with E-state index in [0.29, 0.717) is 6.04 Å². The van der Waals surface area contributed by atoms with Crippen molar-refractivity contribution in [3.05, 3.63) is 0 Å². The summed E-state index contributed by atoms with van der Waals surface area (Å²) in [6.07, 6.45) is 1.06. The molecule has 3 heteroatoms. The Kier molecular flexibility index (Phi) is 8.73. The molecule has 0 rings (SSSR count). The molecule has 0 aromatic carbocycles. The van der Waals surface area contributed by atoms with Crippen LogP contribution in [0.25, 0.3) is 0 Å². The van der Waals surface area contributed by atoms with Gasteiger partial charge in [-0.05, 0) is 23.8 Å². The van der Waals surface area contributed by atoms with Crippen molar-refractivity contribution in [3.8, 4) is 0 Å². The Morgan fingerprint density at radius 2 is 1.86 bits per heavy atom. The Morgan fingerprint density at radius 1 is 1.21 bits per heavy atom. The van der Waals surface area contributed by atoms with E-state index < -0.39 is 0 Å². The zero-order valence-electron chi connectivity index (χ0n) is 9.92. The molecule has 0 heterocycles. The van der Waals surface area contributed by atoms with Gasteiger partial charge in [-0.1, -0.05) is 27.7 Å². The molecule has 1 atom stereocenters.